The SMILES string of the molecule is CCC1CN(Cc2ncnn2CC(C)C)CCN1. The summed E-state index contributed by atoms with van der Waals surface area (Å²) in [7, 11) is 0. The van der Waals surface area contributed by atoms with Gasteiger partial charge in [0.05, 0.1) is 6.54 Å². The lowest BCUT2D eigenvalue weighted by Gasteiger charge is -2.32. The lowest BCUT2D eigenvalue weighted by atomic mass is 10.1. The number of aromatic nitrogens is 3. The molecule has 0 radical (unpaired) electrons. The van der Waals surface area contributed by atoms with Crippen molar-refractivity contribution in [2.24, 2.45) is 5.92 Å². The first-order chi connectivity index (χ1) is 8.69. The molecule has 1 atom stereocenters. The van der Waals surface area contributed by atoms with Gasteiger partial charge < -0.3 is 5.32 Å². The number of nitrogens with one attached hydrogen (secondary N) is 1. The van der Waals surface area contributed by atoms with E-state index in [0.29, 0.717) is 12.0 Å². The molecule has 0 spiro atoms. The van der Waals surface area contributed by atoms with E-state index in [1.54, 1.807) is 6.33 Å². The predicted molar refractivity (Wildman–Crippen MR) is 72.2 cm³/mol. The van der Waals surface area contributed by atoms with Gasteiger partial charge >= 0.3 is 0 Å². The first-order valence-electron chi connectivity index (χ1n) is 7.01. The van der Waals surface area contributed by atoms with Crippen molar-refractivity contribution in [2.75, 3.05) is 19.6 Å². The van der Waals surface area contributed by atoms with Crippen LogP contribution in [0.2, 0.25) is 0 Å². The largest absolute Gasteiger partial charge is 0.311 e. The molecule has 1 fully saturated rings. The molecule has 2 rings (SSSR count). The van der Waals surface area contributed by atoms with Crippen molar-refractivity contribution >= 4 is 0 Å². The van der Waals surface area contributed by atoms with Crippen LogP contribution in [0.4, 0.5) is 0 Å². The van der Waals surface area contributed by atoms with E-state index in [2.05, 4.69) is 41.1 Å². The number of piperazine rings is 1. The van der Waals surface area contributed by atoms with Crippen molar-refractivity contribution in [3.05, 3.63) is 12.2 Å². The van der Waals surface area contributed by atoms with Crippen molar-refractivity contribution in [1.82, 2.24) is 25.0 Å². The summed E-state index contributed by atoms with van der Waals surface area (Å²) < 4.78 is 2.05. The summed E-state index contributed by atoms with van der Waals surface area (Å²) in [4.78, 5) is 6.88. The Morgan fingerprint density at radius 2 is 2.33 bits per heavy atom. The highest BCUT2D eigenvalue weighted by molar-refractivity contribution is 4.88. The molecule has 0 amide bonds. The molecule has 1 N–H and O–H groups in total. The van der Waals surface area contributed by atoms with Crippen LogP contribution in [0, 0.1) is 5.92 Å². The summed E-state index contributed by atoms with van der Waals surface area (Å²) >= 11 is 0. The van der Waals surface area contributed by atoms with Crippen molar-refractivity contribution in [1.29, 1.82) is 0 Å². The number of rotatable bonds is 5. The second-order valence-electron chi connectivity index (χ2n) is 5.55. The highest BCUT2D eigenvalue weighted by Gasteiger charge is 2.19. The number of hydrogen-bond acceptors (Lipinski definition) is 4. The third kappa shape index (κ3) is 3.53. The summed E-state index contributed by atoms with van der Waals surface area (Å²) in [6, 6.07) is 0.625. The lowest BCUT2D eigenvalue weighted by molar-refractivity contribution is 0.182. The van der Waals surface area contributed by atoms with Crippen LogP contribution in [0.15, 0.2) is 6.33 Å². The monoisotopic (exact) mass is 251 g/mol. The zero-order chi connectivity index (χ0) is 13.0. The van der Waals surface area contributed by atoms with Crippen molar-refractivity contribution in [3.8, 4) is 0 Å². The lowest BCUT2D eigenvalue weighted by Crippen LogP contribution is -2.50. The summed E-state index contributed by atoms with van der Waals surface area (Å²) in [5, 5.41) is 7.86. The zero-order valence-corrected chi connectivity index (χ0v) is 11.8. The minimum atomic E-state index is 0.608. The zero-order valence-electron chi connectivity index (χ0n) is 11.8. The summed E-state index contributed by atoms with van der Waals surface area (Å²) in [6.07, 6.45) is 2.87. The molecule has 1 aromatic rings. The maximum absolute atomic E-state index is 4.40. The molecule has 1 aromatic heterocycles. The summed E-state index contributed by atoms with van der Waals surface area (Å²) in [6.45, 7) is 11.8. The molecule has 1 aliphatic rings. The van der Waals surface area contributed by atoms with Gasteiger partial charge in [-0.2, -0.15) is 5.10 Å². The van der Waals surface area contributed by atoms with E-state index in [-0.39, 0.29) is 0 Å². The Morgan fingerprint density at radius 3 is 3.06 bits per heavy atom. The highest BCUT2D eigenvalue weighted by Crippen LogP contribution is 2.08. The van der Waals surface area contributed by atoms with Crippen molar-refractivity contribution < 1.29 is 0 Å². The molecule has 1 aliphatic heterocycles. The second kappa shape index (κ2) is 6.29. The Hall–Kier alpha value is -0.940. The van der Waals surface area contributed by atoms with Crippen molar-refractivity contribution in [3.63, 3.8) is 0 Å². The Bertz CT molecular complexity index is 360. The van der Waals surface area contributed by atoms with E-state index in [1.807, 2.05) is 4.68 Å². The van der Waals surface area contributed by atoms with Gasteiger partial charge in [0, 0.05) is 32.2 Å². The second-order valence-corrected chi connectivity index (χ2v) is 5.55. The van der Waals surface area contributed by atoms with Gasteiger partial charge in [-0.05, 0) is 12.3 Å². The fraction of sp³-hybridized carbons (Fsp3) is 0.846. The van der Waals surface area contributed by atoms with E-state index >= 15 is 0 Å². The molecular weight excluding hydrogens is 226 g/mol. The van der Waals surface area contributed by atoms with Crippen LogP contribution in [0.5, 0.6) is 0 Å². The molecule has 0 aliphatic carbocycles. The van der Waals surface area contributed by atoms with Gasteiger partial charge in [-0.1, -0.05) is 20.8 Å². The van der Waals surface area contributed by atoms with E-state index in [4.69, 9.17) is 0 Å². The molecule has 1 saturated heterocycles. The molecule has 0 saturated carbocycles. The molecule has 0 bridgehead atoms. The predicted octanol–water partition coefficient (Wildman–Crippen LogP) is 1.12. The first-order valence-corrected chi connectivity index (χ1v) is 7.01. The fourth-order valence-corrected chi connectivity index (χ4v) is 2.42. The Morgan fingerprint density at radius 1 is 1.50 bits per heavy atom. The molecule has 2 heterocycles. The van der Waals surface area contributed by atoms with Crippen LogP contribution in [0.1, 0.15) is 33.0 Å². The van der Waals surface area contributed by atoms with E-state index in [0.717, 1.165) is 38.5 Å². The Labute approximate surface area is 110 Å². The van der Waals surface area contributed by atoms with Gasteiger partial charge in [-0.25, -0.2) is 9.67 Å². The van der Waals surface area contributed by atoms with Gasteiger partial charge in [0.15, 0.2) is 0 Å². The van der Waals surface area contributed by atoms with Crippen LogP contribution < -0.4 is 5.32 Å². The van der Waals surface area contributed by atoms with Crippen LogP contribution in [-0.4, -0.2) is 45.3 Å². The van der Waals surface area contributed by atoms with Crippen molar-refractivity contribution in [2.45, 2.75) is 46.3 Å². The maximum Gasteiger partial charge on any atom is 0.141 e. The quantitative estimate of drug-likeness (QED) is 0.852. The average molecular weight is 251 g/mol. The number of hydrogen-bond donors (Lipinski definition) is 1. The topological polar surface area (TPSA) is 46.0 Å². The van der Waals surface area contributed by atoms with Gasteiger partial charge in [0.25, 0.3) is 0 Å². The van der Waals surface area contributed by atoms with Crippen LogP contribution >= 0.6 is 0 Å². The minimum Gasteiger partial charge on any atom is -0.311 e. The third-order valence-corrected chi connectivity index (χ3v) is 3.43. The Balaban J connectivity index is 1.94. The first kappa shape index (κ1) is 13.5. The molecule has 1 unspecified atom stereocenters. The van der Waals surface area contributed by atoms with Gasteiger partial charge in [0.1, 0.15) is 12.2 Å². The van der Waals surface area contributed by atoms with Crippen LogP contribution in [0.25, 0.3) is 0 Å². The highest BCUT2D eigenvalue weighted by atomic mass is 15.4. The smallest absolute Gasteiger partial charge is 0.141 e. The van der Waals surface area contributed by atoms with Crippen LogP contribution in [-0.2, 0) is 13.1 Å². The molecule has 102 valence electrons. The fourth-order valence-electron chi connectivity index (χ4n) is 2.42. The maximum atomic E-state index is 4.40. The Kier molecular flexibility index (Phi) is 4.72. The molecule has 0 aromatic carbocycles. The molecule has 18 heavy (non-hydrogen) atoms. The summed E-state index contributed by atoms with van der Waals surface area (Å²) in [5.41, 5.74) is 0. The molecule has 5 nitrogen and oxygen atoms in total. The molecular formula is C13H25N5. The normalized spacial score (nSPS) is 21.7. The standard InChI is InChI=1S/C13H25N5/c1-4-12-8-17(6-5-14-12)9-13-15-10-16-18(13)7-11(2)3/h10-12,14H,4-9H2,1-3H3. The van der Waals surface area contributed by atoms with E-state index in [1.165, 1.54) is 6.42 Å². The van der Waals surface area contributed by atoms with Gasteiger partial charge in [-0.3, -0.25) is 4.90 Å². The number of nitrogens with zero attached hydrogens (tertiary/aromatic N) is 4. The minimum absolute atomic E-state index is 0.608. The van der Waals surface area contributed by atoms with Gasteiger partial charge in [-0.15, -0.1) is 0 Å². The molecule has 5 heteroatoms. The van der Waals surface area contributed by atoms with E-state index in [9.17, 15) is 0 Å². The van der Waals surface area contributed by atoms with Gasteiger partial charge in [0.2, 0.25) is 0 Å². The average Bonchev–Trinajstić information content (AvgIpc) is 2.76. The van der Waals surface area contributed by atoms with Crippen LogP contribution in [0.3, 0.4) is 0 Å². The summed E-state index contributed by atoms with van der Waals surface area (Å²) in [5.74, 6) is 1.71. The third-order valence-electron chi connectivity index (χ3n) is 3.43. The van der Waals surface area contributed by atoms with E-state index < -0.39 is 0 Å².